The number of rotatable bonds is 2. The average molecular weight is 352 g/mol. The van der Waals surface area contributed by atoms with Crippen molar-refractivity contribution >= 4 is 11.9 Å². The van der Waals surface area contributed by atoms with Gasteiger partial charge in [0.15, 0.2) is 0 Å². The average Bonchev–Trinajstić information content (AvgIpc) is 2.41. The molecule has 0 unspecified atom stereocenters. The predicted molar refractivity (Wildman–Crippen MR) is 57.1 cm³/mol. The summed E-state index contributed by atoms with van der Waals surface area (Å²) in [5.41, 5.74) is -0.0602. The number of carboxylic acid groups (broad SMARTS) is 2. The molecule has 0 bridgehead atoms. The van der Waals surface area contributed by atoms with Crippen molar-refractivity contribution in [2.45, 2.75) is 0 Å². The summed E-state index contributed by atoms with van der Waals surface area (Å²) in [4.78, 5) is 27.1. The molecule has 0 aromatic carbocycles. The van der Waals surface area contributed by atoms with Crippen molar-refractivity contribution in [1.29, 1.82) is 0 Å². The largest absolute Gasteiger partial charge is 0.543 e. The molecule has 7 heteroatoms. The van der Waals surface area contributed by atoms with Gasteiger partial charge in [0.1, 0.15) is 0 Å². The van der Waals surface area contributed by atoms with Gasteiger partial charge < -0.3 is 19.8 Å². The molecule has 0 amide bonds. The van der Waals surface area contributed by atoms with Crippen LogP contribution in [0.15, 0.2) is 48.8 Å². The summed E-state index contributed by atoms with van der Waals surface area (Å²) in [6.07, 6.45) is 2.82. The maximum absolute atomic E-state index is 10.0. The van der Waals surface area contributed by atoms with Gasteiger partial charge in [-0.25, -0.2) is 0 Å². The molecule has 0 saturated heterocycles. The number of nitrogens with zero attached hydrogens (tertiary/aromatic N) is 2. The Morgan fingerprint density at radius 1 is 0.789 bits per heavy atom. The Bertz CT molecular complexity index is 470. The number of aromatic carboxylic acids is 2. The Morgan fingerprint density at radius 3 is 1.32 bits per heavy atom. The minimum Gasteiger partial charge on any atom is -0.543 e. The van der Waals surface area contributed by atoms with Crippen molar-refractivity contribution in [3.05, 3.63) is 60.2 Å². The molecule has 1 radical (unpaired) electrons. The summed E-state index contributed by atoms with van der Waals surface area (Å²) < 4.78 is 0. The van der Waals surface area contributed by atoms with Crippen LogP contribution in [-0.2, 0) is 22.4 Å². The van der Waals surface area contributed by atoms with Crippen LogP contribution in [0.5, 0.6) is 0 Å². The summed E-state index contributed by atoms with van der Waals surface area (Å²) in [6.45, 7) is 0. The van der Waals surface area contributed by atoms with Gasteiger partial charge in [-0.15, -0.1) is 0 Å². The second-order valence-electron chi connectivity index (χ2n) is 3.00. The number of pyridine rings is 2. The predicted octanol–water partition coefficient (Wildman–Crippen LogP) is -1.11. The van der Waals surface area contributed by atoms with Gasteiger partial charge in [-0.1, -0.05) is 12.1 Å². The van der Waals surface area contributed by atoms with Crippen molar-refractivity contribution < 1.29 is 42.2 Å². The molecule has 0 aliphatic carbocycles. The van der Waals surface area contributed by atoms with Gasteiger partial charge in [-0.2, -0.15) is 0 Å². The van der Waals surface area contributed by atoms with E-state index in [0.29, 0.717) is 0 Å². The van der Waals surface area contributed by atoms with Gasteiger partial charge in [0.2, 0.25) is 0 Å². The fraction of sp³-hybridized carbons (Fsp3) is 0. The van der Waals surface area contributed by atoms with Gasteiger partial charge in [0, 0.05) is 34.8 Å². The van der Waals surface area contributed by atoms with Gasteiger partial charge in [0.05, 0.1) is 23.3 Å². The minimum atomic E-state index is -1.24. The normalized spacial score (nSPS) is 8.42. The van der Waals surface area contributed by atoms with Crippen molar-refractivity contribution in [2.75, 3.05) is 0 Å². The number of carbonyl (C=O) groups is 2. The van der Waals surface area contributed by atoms with Crippen molar-refractivity contribution in [3.8, 4) is 0 Å². The first-order valence-corrected chi connectivity index (χ1v) is 4.86. The molecule has 103 valence electrons. The van der Waals surface area contributed by atoms with Crippen LogP contribution in [0, 0.1) is 0 Å². The molecule has 2 aromatic rings. The van der Waals surface area contributed by atoms with E-state index in [-0.39, 0.29) is 33.8 Å². The molecule has 0 aliphatic rings. The van der Waals surface area contributed by atoms with Crippen molar-refractivity contribution in [3.63, 3.8) is 0 Å². The van der Waals surface area contributed by atoms with Crippen LogP contribution < -0.4 is 10.2 Å². The van der Waals surface area contributed by atoms with E-state index >= 15 is 0 Å². The number of hydrogen-bond donors (Lipinski definition) is 0. The zero-order valence-electron chi connectivity index (χ0n) is 9.45. The minimum absolute atomic E-state index is 0. The van der Waals surface area contributed by atoms with Crippen LogP contribution in [-0.4, -0.2) is 21.9 Å². The zero-order chi connectivity index (χ0) is 13.4. The van der Waals surface area contributed by atoms with E-state index in [1.165, 1.54) is 24.5 Å². The topological polar surface area (TPSA) is 106 Å². The first-order valence-electron chi connectivity index (χ1n) is 4.86. The molecule has 0 atom stereocenters. The third-order valence-corrected chi connectivity index (χ3v) is 1.75. The summed E-state index contributed by atoms with van der Waals surface area (Å²) in [5.74, 6) is -2.48. The molecule has 0 fully saturated rings. The van der Waals surface area contributed by atoms with E-state index < -0.39 is 11.9 Å². The number of hydrogen-bond acceptors (Lipinski definition) is 6. The van der Waals surface area contributed by atoms with Crippen LogP contribution in [0.25, 0.3) is 0 Å². The molecule has 2 heterocycles. The second kappa shape index (κ2) is 8.98. The smallest absolute Gasteiger partial charge is 0.0899 e. The number of carbonyl (C=O) groups excluding carboxylic acids is 2. The summed E-state index contributed by atoms with van der Waals surface area (Å²) in [6, 6.07) is 9.25. The third kappa shape index (κ3) is 6.46. The Hall–Kier alpha value is -2.02. The molecule has 6 nitrogen and oxygen atoms in total. The van der Waals surface area contributed by atoms with E-state index in [9.17, 15) is 19.8 Å². The maximum Gasteiger partial charge on any atom is 0.0899 e. The van der Waals surface area contributed by atoms with Crippen LogP contribution in [0.2, 0.25) is 0 Å². The molecular formula is C12H8AgN2O4-2. The number of aromatic nitrogens is 2. The van der Waals surface area contributed by atoms with Crippen LogP contribution >= 0.6 is 0 Å². The van der Waals surface area contributed by atoms with Gasteiger partial charge in [-0.05, 0) is 24.3 Å². The molecule has 0 spiro atoms. The van der Waals surface area contributed by atoms with E-state index in [1.807, 2.05) is 0 Å². The third-order valence-electron chi connectivity index (χ3n) is 1.75. The maximum atomic E-state index is 10.0. The number of carboxylic acids is 2. The molecule has 0 N–H and O–H groups in total. The van der Waals surface area contributed by atoms with Crippen LogP contribution in [0.3, 0.4) is 0 Å². The van der Waals surface area contributed by atoms with Crippen LogP contribution in [0.1, 0.15) is 21.0 Å². The Morgan fingerprint density at radius 2 is 1.16 bits per heavy atom. The van der Waals surface area contributed by atoms with Crippen molar-refractivity contribution in [2.24, 2.45) is 0 Å². The quantitative estimate of drug-likeness (QED) is 0.635. The molecule has 2 rings (SSSR count). The monoisotopic (exact) mass is 351 g/mol. The van der Waals surface area contributed by atoms with E-state index in [1.54, 1.807) is 24.3 Å². The zero-order valence-corrected chi connectivity index (χ0v) is 10.9. The Balaban J connectivity index is 0.000000324. The Kier molecular flexibility index (Phi) is 8.03. The molecule has 2 aromatic heterocycles. The second-order valence-corrected chi connectivity index (χ2v) is 3.00. The molecular weight excluding hydrogens is 344 g/mol. The molecule has 19 heavy (non-hydrogen) atoms. The van der Waals surface area contributed by atoms with Gasteiger partial charge >= 0.3 is 0 Å². The summed E-state index contributed by atoms with van der Waals surface area (Å²) in [5, 5.41) is 20.1. The Labute approximate surface area is 124 Å². The first-order chi connectivity index (χ1) is 8.61. The van der Waals surface area contributed by atoms with Gasteiger partial charge in [-0.3, -0.25) is 9.97 Å². The summed E-state index contributed by atoms with van der Waals surface area (Å²) >= 11 is 0. The SMILES string of the molecule is O=C([O-])c1ccccn1.O=C([O-])c1ccccn1.[Ag]. The fourth-order valence-corrected chi connectivity index (χ4v) is 0.967. The van der Waals surface area contributed by atoms with Gasteiger partial charge in [0.25, 0.3) is 0 Å². The van der Waals surface area contributed by atoms with E-state index in [4.69, 9.17) is 0 Å². The standard InChI is InChI=1S/2C6H5NO2.Ag/c2*8-6(9)5-3-1-2-4-7-5;/h2*1-4H,(H,8,9);/p-2. The van der Waals surface area contributed by atoms with E-state index in [2.05, 4.69) is 9.97 Å². The molecule has 0 aliphatic heterocycles. The molecule has 0 saturated carbocycles. The fourth-order valence-electron chi connectivity index (χ4n) is 0.967. The van der Waals surface area contributed by atoms with Crippen molar-refractivity contribution in [1.82, 2.24) is 9.97 Å². The first kappa shape index (κ1) is 17.0. The van der Waals surface area contributed by atoms with Crippen LogP contribution in [0.4, 0.5) is 0 Å². The summed E-state index contributed by atoms with van der Waals surface area (Å²) in [7, 11) is 0. The van der Waals surface area contributed by atoms with E-state index in [0.717, 1.165) is 0 Å².